The van der Waals surface area contributed by atoms with Crippen molar-refractivity contribution in [3.05, 3.63) is 94.2 Å². The third kappa shape index (κ3) is 2.59. The molecular formula is C19H11F2N3O2. The van der Waals surface area contributed by atoms with Gasteiger partial charge in [-0.05, 0) is 24.3 Å². The number of hydrogen-bond acceptors (Lipinski definition) is 3. The molecule has 0 aliphatic rings. The summed E-state index contributed by atoms with van der Waals surface area (Å²) in [4.78, 5) is 12.8. The Kier molecular flexibility index (Phi) is 3.69. The van der Waals surface area contributed by atoms with Crippen LogP contribution in [0.15, 0.2) is 71.8 Å². The van der Waals surface area contributed by atoms with Gasteiger partial charge in [0.25, 0.3) is 5.56 Å². The highest BCUT2D eigenvalue weighted by Gasteiger charge is 2.17. The van der Waals surface area contributed by atoms with Crippen LogP contribution in [0.2, 0.25) is 0 Å². The molecule has 0 saturated heterocycles. The summed E-state index contributed by atoms with van der Waals surface area (Å²) in [6.07, 6.45) is 2.63. The van der Waals surface area contributed by atoms with Gasteiger partial charge in [-0.25, -0.2) is 8.78 Å². The quantitative estimate of drug-likeness (QED) is 0.412. The minimum absolute atomic E-state index is 0.172. The Labute approximate surface area is 146 Å². The Balaban J connectivity index is 2.10. The third-order valence-electron chi connectivity index (χ3n) is 3.99. The van der Waals surface area contributed by atoms with Crippen molar-refractivity contribution in [2.75, 3.05) is 0 Å². The van der Waals surface area contributed by atoms with Crippen molar-refractivity contribution >= 4 is 10.8 Å². The van der Waals surface area contributed by atoms with Crippen molar-refractivity contribution in [2.45, 2.75) is 0 Å². The number of benzene rings is 2. The van der Waals surface area contributed by atoms with Crippen LogP contribution in [0.25, 0.3) is 27.7 Å². The molecule has 0 fully saturated rings. The zero-order valence-electron chi connectivity index (χ0n) is 13.3. The summed E-state index contributed by atoms with van der Waals surface area (Å²) in [6.45, 7) is 0. The lowest BCUT2D eigenvalue weighted by Gasteiger charge is -2.11. The molecule has 0 aliphatic heterocycles. The number of fused-ring (bicyclic) bond motifs is 1. The van der Waals surface area contributed by atoms with Gasteiger partial charge in [0.2, 0.25) is 0 Å². The second-order valence-corrected chi connectivity index (χ2v) is 5.66. The summed E-state index contributed by atoms with van der Waals surface area (Å²) in [7, 11) is 0. The number of hydrogen-bond donors (Lipinski definition) is 0. The van der Waals surface area contributed by atoms with Crippen molar-refractivity contribution in [3.63, 3.8) is 0 Å². The van der Waals surface area contributed by atoms with Crippen molar-refractivity contribution in [3.8, 4) is 16.9 Å². The van der Waals surface area contributed by atoms with Crippen molar-refractivity contribution in [1.29, 1.82) is 0 Å². The molecule has 26 heavy (non-hydrogen) atoms. The molecule has 0 aliphatic carbocycles. The number of rotatable bonds is 2. The van der Waals surface area contributed by atoms with Crippen LogP contribution in [-0.4, -0.2) is 9.78 Å². The Hall–Kier alpha value is -3.61. The van der Waals surface area contributed by atoms with Crippen molar-refractivity contribution in [1.82, 2.24) is 9.78 Å². The molecule has 2 heterocycles. The van der Waals surface area contributed by atoms with Crippen LogP contribution >= 0.6 is 0 Å². The Bertz CT molecular complexity index is 1200. The average Bonchev–Trinajstić information content (AvgIpc) is 2.63. The van der Waals surface area contributed by atoms with Crippen LogP contribution in [0.1, 0.15) is 0 Å². The van der Waals surface area contributed by atoms with Gasteiger partial charge < -0.3 is 5.21 Å². The molecule has 0 unspecified atom stereocenters. The molecule has 5 nitrogen and oxygen atoms in total. The molecule has 0 atom stereocenters. The smallest absolute Gasteiger partial charge is 0.279 e. The van der Waals surface area contributed by atoms with Gasteiger partial charge >= 0.3 is 0 Å². The molecule has 2 aromatic carbocycles. The fourth-order valence-corrected chi connectivity index (χ4v) is 2.81. The molecule has 7 heteroatoms. The van der Waals surface area contributed by atoms with Gasteiger partial charge in [0.15, 0.2) is 18.2 Å². The van der Waals surface area contributed by atoms with Gasteiger partial charge in [0.05, 0.1) is 10.9 Å². The molecule has 0 radical (unpaired) electrons. The van der Waals surface area contributed by atoms with E-state index in [4.69, 9.17) is 0 Å². The molecule has 0 saturated carbocycles. The minimum atomic E-state index is -0.909. The number of halogens is 2. The third-order valence-corrected chi connectivity index (χ3v) is 3.99. The van der Waals surface area contributed by atoms with E-state index < -0.39 is 17.2 Å². The summed E-state index contributed by atoms with van der Waals surface area (Å²) < 4.78 is 28.9. The fraction of sp³-hybridized carbons (Fsp3) is 0. The summed E-state index contributed by atoms with van der Waals surface area (Å²) in [5.74, 6) is -1.66. The second-order valence-electron chi connectivity index (χ2n) is 5.66. The van der Waals surface area contributed by atoms with E-state index in [0.717, 1.165) is 16.8 Å². The van der Waals surface area contributed by atoms with E-state index in [2.05, 4.69) is 5.10 Å². The van der Waals surface area contributed by atoms with E-state index in [0.29, 0.717) is 32.8 Å². The van der Waals surface area contributed by atoms with E-state index in [1.807, 2.05) is 0 Å². The van der Waals surface area contributed by atoms with Crippen LogP contribution in [0.4, 0.5) is 8.78 Å². The van der Waals surface area contributed by atoms with Gasteiger partial charge in [0, 0.05) is 17.5 Å². The van der Waals surface area contributed by atoms with E-state index >= 15 is 0 Å². The first-order valence-electron chi connectivity index (χ1n) is 7.71. The van der Waals surface area contributed by atoms with Crippen LogP contribution in [0, 0.1) is 16.8 Å². The van der Waals surface area contributed by atoms with E-state index in [1.165, 1.54) is 12.4 Å². The lowest BCUT2D eigenvalue weighted by Crippen LogP contribution is -2.26. The maximum Gasteiger partial charge on any atom is 0.279 e. The highest BCUT2D eigenvalue weighted by atomic mass is 19.1. The molecule has 128 valence electrons. The zero-order valence-corrected chi connectivity index (χ0v) is 13.3. The van der Waals surface area contributed by atoms with Crippen LogP contribution in [-0.2, 0) is 0 Å². The second kappa shape index (κ2) is 6.03. The molecule has 0 spiro atoms. The van der Waals surface area contributed by atoms with E-state index in [1.54, 1.807) is 36.4 Å². The largest absolute Gasteiger partial charge is 0.619 e. The molecule has 0 N–H and O–H groups in total. The maximum atomic E-state index is 14.2. The lowest BCUT2D eigenvalue weighted by molar-refractivity contribution is -0.604. The van der Waals surface area contributed by atoms with Gasteiger partial charge in [-0.2, -0.15) is 14.5 Å². The Morgan fingerprint density at radius 2 is 1.77 bits per heavy atom. The summed E-state index contributed by atoms with van der Waals surface area (Å²) in [5.41, 5.74) is 0.0965. The molecule has 4 aromatic rings. The Morgan fingerprint density at radius 3 is 2.50 bits per heavy atom. The van der Waals surface area contributed by atoms with Crippen LogP contribution in [0.5, 0.6) is 0 Å². The van der Waals surface area contributed by atoms with Gasteiger partial charge in [-0.15, -0.1) is 0 Å². The average molecular weight is 351 g/mol. The molecule has 0 bridgehead atoms. The minimum Gasteiger partial charge on any atom is -0.619 e. The van der Waals surface area contributed by atoms with Crippen LogP contribution < -0.4 is 10.3 Å². The number of pyridine rings is 1. The standard InChI is InChI=1S/C19H11F2N3O2/c20-13-7-8-17(16(21)10-13)24-19(25)15-6-2-1-5-14(15)18(22-24)12-4-3-9-23(26)11-12/h1-11H. The molecule has 4 rings (SSSR count). The molecule has 0 amide bonds. The summed E-state index contributed by atoms with van der Waals surface area (Å²) >= 11 is 0. The zero-order chi connectivity index (χ0) is 18.3. The van der Waals surface area contributed by atoms with E-state index in [9.17, 15) is 18.8 Å². The topological polar surface area (TPSA) is 61.8 Å². The molecular weight excluding hydrogens is 340 g/mol. The number of aromatic nitrogens is 3. The van der Waals surface area contributed by atoms with Crippen molar-refractivity contribution < 1.29 is 13.5 Å². The number of nitrogens with zero attached hydrogens (tertiary/aromatic N) is 3. The normalized spacial score (nSPS) is 11.0. The van der Waals surface area contributed by atoms with Gasteiger partial charge in [0.1, 0.15) is 17.2 Å². The van der Waals surface area contributed by atoms with Gasteiger partial charge in [-0.1, -0.05) is 18.2 Å². The van der Waals surface area contributed by atoms with Crippen molar-refractivity contribution in [2.24, 2.45) is 0 Å². The lowest BCUT2D eigenvalue weighted by atomic mass is 10.1. The SMILES string of the molecule is O=c1c2ccccc2c(-c2ccc[n+]([O-])c2)nn1-c1ccc(F)cc1F. The monoisotopic (exact) mass is 351 g/mol. The van der Waals surface area contributed by atoms with Crippen LogP contribution in [0.3, 0.4) is 0 Å². The Morgan fingerprint density at radius 1 is 1.00 bits per heavy atom. The fourth-order valence-electron chi connectivity index (χ4n) is 2.81. The first kappa shape index (κ1) is 15.9. The predicted molar refractivity (Wildman–Crippen MR) is 91.7 cm³/mol. The highest BCUT2D eigenvalue weighted by molar-refractivity contribution is 5.93. The molecule has 2 aromatic heterocycles. The predicted octanol–water partition coefficient (Wildman–Crippen LogP) is 2.96. The first-order chi connectivity index (χ1) is 12.5. The van der Waals surface area contributed by atoms with E-state index in [-0.39, 0.29) is 5.69 Å². The summed E-state index contributed by atoms with van der Waals surface area (Å²) in [5, 5.41) is 16.7. The highest BCUT2D eigenvalue weighted by Crippen LogP contribution is 2.24. The maximum absolute atomic E-state index is 14.2. The summed E-state index contributed by atoms with van der Waals surface area (Å²) in [6, 6.07) is 12.8. The van der Waals surface area contributed by atoms with Gasteiger partial charge in [-0.3, -0.25) is 4.79 Å². The first-order valence-corrected chi connectivity index (χ1v) is 7.71.